The molecule has 18 heavy (non-hydrogen) atoms. The van der Waals surface area contributed by atoms with Crippen molar-refractivity contribution in [2.24, 2.45) is 0 Å². The zero-order chi connectivity index (χ0) is 13.0. The van der Waals surface area contributed by atoms with Crippen LogP contribution >= 0.6 is 0 Å². The third kappa shape index (κ3) is 2.76. The summed E-state index contributed by atoms with van der Waals surface area (Å²) in [5, 5.41) is 3.22. The normalized spacial score (nSPS) is 25.5. The van der Waals surface area contributed by atoms with Gasteiger partial charge in [0.2, 0.25) is 0 Å². The van der Waals surface area contributed by atoms with Gasteiger partial charge >= 0.3 is 0 Å². The number of nitrogens with zero attached hydrogens (tertiary/aromatic N) is 1. The standard InChI is InChI=1S/C14H24N2O2/c1-4-6-16-7-9-17-12(10-15-3)13(16)14-11(2)5-8-18-14/h5,8,12-13,15H,4,6-7,9-10H2,1-3H3. The van der Waals surface area contributed by atoms with Gasteiger partial charge in [0.25, 0.3) is 0 Å². The molecule has 0 radical (unpaired) electrons. The molecule has 1 aromatic rings. The van der Waals surface area contributed by atoms with E-state index in [1.54, 1.807) is 6.26 Å². The molecule has 1 N–H and O–H groups in total. The Morgan fingerprint density at radius 2 is 2.33 bits per heavy atom. The van der Waals surface area contributed by atoms with Gasteiger partial charge in [0.05, 0.1) is 25.0 Å². The lowest BCUT2D eigenvalue weighted by Gasteiger charge is -2.40. The summed E-state index contributed by atoms with van der Waals surface area (Å²) in [6.07, 6.45) is 3.10. The number of nitrogens with one attached hydrogen (secondary N) is 1. The van der Waals surface area contributed by atoms with E-state index >= 15 is 0 Å². The highest BCUT2D eigenvalue weighted by Gasteiger charge is 2.35. The smallest absolute Gasteiger partial charge is 0.126 e. The first kappa shape index (κ1) is 13.6. The van der Waals surface area contributed by atoms with Crippen LogP contribution in [-0.4, -0.2) is 44.3 Å². The lowest BCUT2D eigenvalue weighted by atomic mass is 10.0. The number of likely N-dealkylation sites (N-methyl/N-ethyl adjacent to an activating group) is 1. The average molecular weight is 252 g/mol. The van der Waals surface area contributed by atoms with E-state index in [0.29, 0.717) is 0 Å². The second-order valence-electron chi connectivity index (χ2n) is 4.92. The molecule has 1 fully saturated rings. The molecule has 0 saturated carbocycles. The van der Waals surface area contributed by atoms with Crippen molar-refractivity contribution in [1.82, 2.24) is 10.2 Å². The van der Waals surface area contributed by atoms with E-state index in [0.717, 1.165) is 38.4 Å². The van der Waals surface area contributed by atoms with Crippen molar-refractivity contribution in [2.75, 3.05) is 33.3 Å². The minimum absolute atomic E-state index is 0.167. The predicted octanol–water partition coefficient (Wildman–Crippen LogP) is 1.96. The molecule has 1 saturated heterocycles. The van der Waals surface area contributed by atoms with Crippen molar-refractivity contribution >= 4 is 0 Å². The molecule has 2 rings (SSSR count). The van der Waals surface area contributed by atoms with Crippen LogP contribution in [0.25, 0.3) is 0 Å². The van der Waals surface area contributed by atoms with E-state index in [1.807, 2.05) is 13.1 Å². The minimum Gasteiger partial charge on any atom is -0.467 e. The van der Waals surface area contributed by atoms with Crippen molar-refractivity contribution < 1.29 is 9.15 Å². The third-order valence-corrected chi connectivity index (χ3v) is 3.54. The van der Waals surface area contributed by atoms with E-state index in [4.69, 9.17) is 9.15 Å². The summed E-state index contributed by atoms with van der Waals surface area (Å²) in [4.78, 5) is 2.48. The number of hydrogen-bond donors (Lipinski definition) is 1. The fraction of sp³-hybridized carbons (Fsp3) is 0.714. The Hall–Kier alpha value is -0.840. The maximum absolute atomic E-state index is 5.92. The number of aryl methyl sites for hydroxylation is 1. The minimum atomic E-state index is 0.167. The highest BCUT2D eigenvalue weighted by atomic mass is 16.5. The van der Waals surface area contributed by atoms with Gasteiger partial charge in [-0.05, 0) is 38.6 Å². The average Bonchev–Trinajstić information content (AvgIpc) is 2.77. The van der Waals surface area contributed by atoms with Crippen molar-refractivity contribution in [3.05, 3.63) is 23.7 Å². The van der Waals surface area contributed by atoms with Crippen LogP contribution in [-0.2, 0) is 4.74 Å². The summed E-state index contributed by atoms with van der Waals surface area (Å²) in [5.41, 5.74) is 1.22. The molecule has 1 aromatic heterocycles. The molecule has 2 unspecified atom stereocenters. The van der Waals surface area contributed by atoms with Crippen LogP contribution in [0.4, 0.5) is 0 Å². The van der Waals surface area contributed by atoms with Crippen LogP contribution < -0.4 is 5.32 Å². The number of furan rings is 1. The lowest BCUT2D eigenvalue weighted by Crippen LogP contribution is -2.48. The largest absolute Gasteiger partial charge is 0.467 e. The Balaban J connectivity index is 2.23. The van der Waals surface area contributed by atoms with E-state index in [1.165, 1.54) is 5.56 Å². The predicted molar refractivity (Wildman–Crippen MR) is 71.7 cm³/mol. The van der Waals surface area contributed by atoms with Crippen molar-refractivity contribution in [3.8, 4) is 0 Å². The zero-order valence-electron chi connectivity index (χ0n) is 11.6. The molecule has 0 amide bonds. The van der Waals surface area contributed by atoms with Crippen LogP contribution in [0.5, 0.6) is 0 Å². The maximum Gasteiger partial charge on any atom is 0.126 e. The second kappa shape index (κ2) is 6.36. The maximum atomic E-state index is 5.92. The summed E-state index contributed by atoms with van der Waals surface area (Å²) in [5.74, 6) is 1.06. The first-order chi connectivity index (χ1) is 8.77. The number of ether oxygens (including phenoxy) is 1. The van der Waals surface area contributed by atoms with Gasteiger partial charge in [-0.15, -0.1) is 0 Å². The summed E-state index contributed by atoms with van der Waals surface area (Å²) in [6.45, 7) is 8.06. The molecule has 4 nitrogen and oxygen atoms in total. The van der Waals surface area contributed by atoms with Crippen molar-refractivity contribution in [1.29, 1.82) is 0 Å². The van der Waals surface area contributed by atoms with E-state index < -0.39 is 0 Å². The van der Waals surface area contributed by atoms with E-state index in [9.17, 15) is 0 Å². The van der Waals surface area contributed by atoms with E-state index in [-0.39, 0.29) is 12.1 Å². The van der Waals surface area contributed by atoms with Gasteiger partial charge in [0.1, 0.15) is 5.76 Å². The van der Waals surface area contributed by atoms with Crippen LogP contribution in [0, 0.1) is 6.92 Å². The lowest BCUT2D eigenvalue weighted by molar-refractivity contribution is -0.0768. The molecule has 1 aliphatic heterocycles. The van der Waals surface area contributed by atoms with Crippen LogP contribution in [0.15, 0.2) is 16.7 Å². The van der Waals surface area contributed by atoms with E-state index in [2.05, 4.69) is 24.1 Å². The van der Waals surface area contributed by atoms with Crippen LogP contribution in [0.3, 0.4) is 0 Å². The molecule has 1 aliphatic rings. The van der Waals surface area contributed by atoms with Gasteiger partial charge in [0, 0.05) is 13.1 Å². The molecule has 0 bridgehead atoms. The fourth-order valence-electron chi connectivity index (χ4n) is 2.72. The van der Waals surface area contributed by atoms with Gasteiger partial charge in [-0.1, -0.05) is 6.92 Å². The summed E-state index contributed by atoms with van der Waals surface area (Å²) in [6, 6.07) is 2.27. The molecule has 0 aromatic carbocycles. The fourth-order valence-corrected chi connectivity index (χ4v) is 2.72. The van der Waals surface area contributed by atoms with Gasteiger partial charge in [0.15, 0.2) is 0 Å². The summed E-state index contributed by atoms with van der Waals surface area (Å²) >= 11 is 0. The number of hydrogen-bond acceptors (Lipinski definition) is 4. The Morgan fingerprint density at radius 1 is 1.50 bits per heavy atom. The molecular weight excluding hydrogens is 228 g/mol. The van der Waals surface area contributed by atoms with Gasteiger partial charge in [-0.25, -0.2) is 0 Å². The highest BCUT2D eigenvalue weighted by molar-refractivity contribution is 5.20. The van der Waals surface area contributed by atoms with Gasteiger partial charge < -0.3 is 14.5 Å². The Labute approximate surface area is 109 Å². The first-order valence-corrected chi connectivity index (χ1v) is 6.82. The summed E-state index contributed by atoms with van der Waals surface area (Å²) in [7, 11) is 1.97. The summed E-state index contributed by atoms with van der Waals surface area (Å²) < 4.78 is 11.6. The molecule has 0 aliphatic carbocycles. The third-order valence-electron chi connectivity index (χ3n) is 3.54. The molecule has 102 valence electrons. The second-order valence-corrected chi connectivity index (χ2v) is 4.92. The Morgan fingerprint density at radius 3 is 2.94 bits per heavy atom. The Bertz CT molecular complexity index is 346. The molecule has 0 spiro atoms. The van der Waals surface area contributed by atoms with Crippen molar-refractivity contribution in [2.45, 2.75) is 32.4 Å². The topological polar surface area (TPSA) is 37.6 Å². The highest BCUT2D eigenvalue weighted by Crippen LogP contribution is 2.32. The molecular formula is C14H24N2O2. The van der Waals surface area contributed by atoms with Gasteiger partial charge in [-0.3, -0.25) is 4.90 Å². The number of rotatable bonds is 5. The quantitative estimate of drug-likeness (QED) is 0.869. The number of morpholine rings is 1. The zero-order valence-corrected chi connectivity index (χ0v) is 11.6. The molecule has 2 heterocycles. The van der Waals surface area contributed by atoms with Crippen molar-refractivity contribution in [3.63, 3.8) is 0 Å². The SMILES string of the molecule is CCCN1CCOC(CNC)C1c1occc1C. The molecule has 4 heteroatoms. The Kier molecular flexibility index (Phi) is 4.80. The van der Waals surface area contributed by atoms with Gasteiger partial charge in [-0.2, -0.15) is 0 Å². The van der Waals surface area contributed by atoms with Crippen LogP contribution in [0.2, 0.25) is 0 Å². The first-order valence-electron chi connectivity index (χ1n) is 6.82. The molecule has 2 atom stereocenters. The monoisotopic (exact) mass is 252 g/mol. The van der Waals surface area contributed by atoms with Crippen LogP contribution in [0.1, 0.15) is 30.7 Å².